The third-order valence-corrected chi connectivity index (χ3v) is 3.28. The second kappa shape index (κ2) is 6.90. The van der Waals surface area contributed by atoms with Gasteiger partial charge in [-0.25, -0.2) is 0 Å². The van der Waals surface area contributed by atoms with Gasteiger partial charge in [0.15, 0.2) is 5.78 Å². The summed E-state index contributed by atoms with van der Waals surface area (Å²) in [4.78, 5) is 11.9. The van der Waals surface area contributed by atoms with Gasteiger partial charge in [0.25, 0.3) is 0 Å². The van der Waals surface area contributed by atoms with Crippen LogP contribution in [0.3, 0.4) is 0 Å². The second-order valence-corrected chi connectivity index (χ2v) is 4.91. The van der Waals surface area contributed by atoms with Crippen LogP contribution in [-0.2, 0) is 0 Å². The van der Waals surface area contributed by atoms with Gasteiger partial charge >= 0.3 is 0 Å². The number of carbonyl (C=O) groups excluding carboxylic acids is 1. The van der Waals surface area contributed by atoms with Gasteiger partial charge in [-0.1, -0.05) is 13.0 Å². The maximum atomic E-state index is 11.9. The minimum atomic E-state index is 0.00763. The Labute approximate surface area is 117 Å². The molecule has 2 aromatic rings. The van der Waals surface area contributed by atoms with Crippen molar-refractivity contribution in [2.24, 2.45) is 0 Å². The first kappa shape index (κ1) is 13.6. The predicted octanol–water partition coefficient (Wildman–Crippen LogP) is 4.43. The van der Waals surface area contributed by atoms with Gasteiger partial charge in [-0.2, -0.15) is 11.3 Å². The molecule has 2 nitrogen and oxygen atoms in total. The molecule has 0 atom stereocenters. The Morgan fingerprint density at radius 1 is 1.26 bits per heavy atom. The van der Waals surface area contributed by atoms with Crippen LogP contribution in [0.2, 0.25) is 0 Å². The Kier molecular flexibility index (Phi) is 4.93. The van der Waals surface area contributed by atoms with Gasteiger partial charge in [0, 0.05) is 5.56 Å². The minimum Gasteiger partial charge on any atom is -0.494 e. The van der Waals surface area contributed by atoms with Crippen LogP contribution in [0.4, 0.5) is 0 Å². The number of hydrogen-bond donors (Lipinski definition) is 0. The third-order valence-electron chi connectivity index (χ3n) is 2.58. The largest absolute Gasteiger partial charge is 0.494 e. The fraction of sp³-hybridized carbons (Fsp3) is 0.188. The SMILES string of the molecule is CCCOc1ccc(C(=O)/C=C/c2ccsc2)cc1. The molecule has 0 amide bonds. The highest BCUT2D eigenvalue weighted by atomic mass is 32.1. The van der Waals surface area contributed by atoms with Gasteiger partial charge in [-0.05, 0) is 59.2 Å². The molecule has 0 aliphatic rings. The molecular formula is C16H16O2S. The molecule has 0 saturated carbocycles. The summed E-state index contributed by atoms with van der Waals surface area (Å²) in [7, 11) is 0. The van der Waals surface area contributed by atoms with Crippen LogP contribution < -0.4 is 4.74 Å². The number of hydrogen-bond acceptors (Lipinski definition) is 3. The van der Waals surface area contributed by atoms with E-state index in [4.69, 9.17) is 4.74 Å². The number of allylic oxidation sites excluding steroid dienone is 1. The normalized spacial score (nSPS) is 10.8. The summed E-state index contributed by atoms with van der Waals surface area (Å²) < 4.78 is 5.48. The Morgan fingerprint density at radius 2 is 2.05 bits per heavy atom. The van der Waals surface area contributed by atoms with Gasteiger partial charge in [-0.3, -0.25) is 4.79 Å². The van der Waals surface area contributed by atoms with E-state index in [1.54, 1.807) is 29.5 Å². The summed E-state index contributed by atoms with van der Waals surface area (Å²) >= 11 is 1.62. The zero-order valence-corrected chi connectivity index (χ0v) is 11.7. The summed E-state index contributed by atoms with van der Waals surface area (Å²) in [5.41, 5.74) is 1.73. The number of ether oxygens (including phenoxy) is 1. The quantitative estimate of drug-likeness (QED) is 0.574. The highest BCUT2D eigenvalue weighted by molar-refractivity contribution is 7.08. The topological polar surface area (TPSA) is 26.3 Å². The monoisotopic (exact) mass is 272 g/mol. The van der Waals surface area contributed by atoms with E-state index in [9.17, 15) is 4.79 Å². The number of carbonyl (C=O) groups is 1. The Hall–Kier alpha value is -1.87. The molecule has 0 radical (unpaired) electrons. The fourth-order valence-electron chi connectivity index (χ4n) is 1.57. The molecule has 0 saturated heterocycles. The number of ketones is 1. The van der Waals surface area contributed by atoms with Crippen LogP contribution in [0.25, 0.3) is 6.08 Å². The maximum absolute atomic E-state index is 11.9. The molecule has 1 aromatic carbocycles. The zero-order chi connectivity index (χ0) is 13.5. The lowest BCUT2D eigenvalue weighted by molar-refractivity contribution is 0.104. The van der Waals surface area contributed by atoms with Crippen molar-refractivity contribution in [2.45, 2.75) is 13.3 Å². The van der Waals surface area contributed by atoms with E-state index >= 15 is 0 Å². The summed E-state index contributed by atoms with van der Waals surface area (Å²) in [6.07, 6.45) is 4.41. The molecule has 0 fully saturated rings. The molecular weight excluding hydrogens is 256 g/mol. The summed E-state index contributed by atoms with van der Waals surface area (Å²) in [5.74, 6) is 0.813. The average Bonchev–Trinajstić information content (AvgIpc) is 2.96. The van der Waals surface area contributed by atoms with Crippen molar-refractivity contribution in [3.63, 3.8) is 0 Å². The first-order valence-electron chi connectivity index (χ1n) is 6.27. The van der Waals surface area contributed by atoms with E-state index in [0.717, 1.165) is 17.7 Å². The van der Waals surface area contributed by atoms with Crippen LogP contribution in [0.1, 0.15) is 29.3 Å². The molecule has 1 aromatic heterocycles. The molecule has 0 bridgehead atoms. The van der Waals surface area contributed by atoms with Gasteiger partial charge in [0.2, 0.25) is 0 Å². The number of thiophene rings is 1. The van der Waals surface area contributed by atoms with Crippen molar-refractivity contribution in [1.82, 2.24) is 0 Å². The third kappa shape index (κ3) is 4.07. The van der Waals surface area contributed by atoms with Crippen molar-refractivity contribution in [1.29, 1.82) is 0 Å². The van der Waals surface area contributed by atoms with E-state index in [1.807, 2.05) is 35.0 Å². The summed E-state index contributed by atoms with van der Waals surface area (Å²) in [5, 5.41) is 4.00. The van der Waals surface area contributed by atoms with Crippen molar-refractivity contribution in [2.75, 3.05) is 6.61 Å². The average molecular weight is 272 g/mol. The molecule has 0 N–H and O–H groups in total. The molecule has 0 aliphatic carbocycles. The highest BCUT2D eigenvalue weighted by Gasteiger charge is 2.02. The van der Waals surface area contributed by atoms with Gasteiger partial charge in [0.05, 0.1) is 6.61 Å². The summed E-state index contributed by atoms with van der Waals surface area (Å²) in [6, 6.07) is 9.25. The molecule has 0 unspecified atom stereocenters. The zero-order valence-electron chi connectivity index (χ0n) is 10.8. The van der Waals surface area contributed by atoms with Crippen LogP contribution in [0.5, 0.6) is 5.75 Å². The van der Waals surface area contributed by atoms with Gasteiger partial charge in [0.1, 0.15) is 5.75 Å². The molecule has 3 heteroatoms. The van der Waals surface area contributed by atoms with E-state index in [2.05, 4.69) is 6.92 Å². The second-order valence-electron chi connectivity index (χ2n) is 4.13. The highest BCUT2D eigenvalue weighted by Crippen LogP contribution is 2.14. The van der Waals surface area contributed by atoms with E-state index in [1.165, 1.54) is 0 Å². The van der Waals surface area contributed by atoms with Crippen LogP contribution >= 0.6 is 11.3 Å². The predicted molar refractivity (Wildman–Crippen MR) is 79.9 cm³/mol. The van der Waals surface area contributed by atoms with Crippen LogP contribution in [0.15, 0.2) is 47.2 Å². The first-order valence-corrected chi connectivity index (χ1v) is 7.21. The number of rotatable bonds is 6. The first-order chi connectivity index (χ1) is 9.29. The Morgan fingerprint density at radius 3 is 2.68 bits per heavy atom. The molecule has 0 aliphatic heterocycles. The number of benzene rings is 1. The van der Waals surface area contributed by atoms with Gasteiger partial charge in [-0.15, -0.1) is 0 Å². The van der Waals surface area contributed by atoms with E-state index in [-0.39, 0.29) is 5.78 Å². The van der Waals surface area contributed by atoms with Crippen molar-refractivity contribution in [3.8, 4) is 5.75 Å². The van der Waals surface area contributed by atoms with Crippen LogP contribution in [0, 0.1) is 0 Å². The molecule has 0 spiro atoms. The van der Waals surface area contributed by atoms with E-state index < -0.39 is 0 Å². The smallest absolute Gasteiger partial charge is 0.185 e. The van der Waals surface area contributed by atoms with Crippen LogP contribution in [-0.4, -0.2) is 12.4 Å². The summed E-state index contributed by atoms with van der Waals surface area (Å²) in [6.45, 7) is 2.76. The van der Waals surface area contributed by atoms with E-state index in [0.29, 0.717) is 12.2 Å². The Balaban J connectivity index is 1.99. The molecule has 2 rings (SSSR count). The maximum Gasteiger partial charge on any atom is 0.185 e. The Bertz CT molecular complexity index is 539. The lowest BCUT2D eigenvalue weighted by Gasteiger charge is -2.04. The van der Waals surface area contributed by atoms with Crippen molar-refractivity contribution < 1.29 is 9.53 Å². The minimum absolute atomic E-state index is 0.00763. The molecule has 19 heavy (non-hydrogen) atoms. The molecule has 98 valence electrons. The van der Waals surface area contributed by atoms with Crippen molar-refractivity contribution in [3.05, 3.63) is 58.3 Å². The lowest BCUT2D eigenvalue weighted by Crippen LogP contribution is -1.97. The van der Waals surface area contributed by atoms with Crippen molar-refractivity contribution >= 4 is 23.2 Å². The molecule has 1 heterocycles. The standard InChI is InChI=1S/C16H16O2S/c1-2-10-18-15-6-4-14(5-7-15)16(17)8-3-13-9-11-19-12-13/h3-9,11-12H,2,10H2,1H3/b8-3+. The van der Waals surface area contributed by atoms with Gasteiger partial charge < -0.3 is 4.74 Å². The lowest BCUT2D eigenvalue weighted by atomic mass is 10.1. The fourth-order valence-corrected chi connectivity index (χ4v) is 2.20.